The van der Waals surface area contributed by atoms with Gasteiger partial charge in [-0.3, -0.25) is 0 Å². The van der Waals surface area contributed by atoms with Gasteiger partial charge in [-0.05, 0) is 49.2 Å². The van der Waals surface area contributed by atoms with Crippen LogP contribution in [0, 0.1) is 0 Å². The van der Waals surface area contributed by atoms with Crippen molar-refractivity contribution in [3.05, 3.63) is 47.5 Å². The largest absolute Gasteiger partial charge is 0.478 e. The van der Waals surface area contributed by atoms with Crippen LogP contribution in [0.5, 0.6) is 11.5 Å². The Kier molecular flexibility index (Phi) is 5.46. The third-order valence-electron chi connectivity index (χ3n) is 4.44. The lowest BCUT2D eigenvalue weighted by Crippen LogP contribution is -2.21. The number of anilines is 1. The van der Waals surface area contributed by atoms with Crippen LogP contribution < -0.4 is 14.8 Å². The first-order chi connectivity index (χ1) is 13.5. The van der Waals surface area contributed by atoms with Gasteiger partial charge in [0.2, 0.25) is 10.0 Å². The van der Waals surface area contributed by atoms with E-state index in [1.165, 1.54) is 6.07 Å². The number of hydrogen-bond donors (Lipinski definition) is 2. The van der Waals surface area contributed by atoms with Gasteiger partial charge in [0.05, 0.1) is 16.8 Å². The SMILES string of the molecule is NS(=O)(=O)c1cc(C(=O)O)cc(N2CCCC2)c1Oc1ccc(C(F)(F)F)cc1. The molecule has 0 radical (unpaired) electrons. The van der Waals surface area contributed by atoms with Crippen LogP contribution in [0.25, 0.3) is 0 Å². The average Bonchev–Trinajstić information content (AvgIpc) is 3.14. The molecule has 1 saturated heterocycles. The molecule has 2 aromatic rings. The molecule has 0 saturated carbocycles. The van der Waals surface area contributed by atoms with Crippen molar-refractivity contribution in [2.75, 3.05) is 18.0 Å². The van der Waals surface area contributed by atoms with E-state index in [1.807, 2.05) is 0 Å². The van der Waals surface area contributed by atoms with Gasteiger partial charge in [-0.1, -0.05) is 0 Å². The monoisotopic (exact) mass is 430 g/mol. The Bertz CT molecular complexity index is 1030. The fourth-order valence-corrected chi connectivity index (χ4v) is 3.74. The Labute approximate surface area is 164 Å². The van der Waals surface area contributed by atoms with E-state index in [0.29, 0.717) is 13.1 Å². The fourth-order valence-electron chi connectivity index (χ4n) is 3.05. The molecular weight excluding hydrogens is 413 g/mol. The van der Waals surface area contributed by atoms with Crippen LogP contribution >= 0.6 is 0 Å². The second-order valence-corrected chi connectivity index (χ2v) is 8.02. The quantitative estimate of drug-likeness (QED) is 0.752. The summed E-state index contributed by atoms with van der Waals surface area (Å²) in [7, 11) is -4.39. The molecule has 1 fully saturated rings. The van der Waals surface area contributed by atoms with Gasteiger partial charge in [0.1, 0.15) is 10.6 Å². The van der Waals surface area contributed by atoms with Crippen molar-refractivity contribution in [2.45, 2.75) is 23.9 Å². The normalized spacial score (nSPS) is 14.8. The molecule has 0 aromatic heterocycles. The van der Waals surface area contributed by atoms with E-state index >= 15 is 0 Å². The highest BCUT2D eigenvalue weighted by atomic mass is 32.2. The second-order valence-electron chi connectivity index (χ2n) is 6.49. The first kappa shape index (κ1) is 20.9. The second kappa shape index (κ2) is 7.56. The van der Waals surface area contributed by atoms with Gasteiger partial charge in [-0.2, -0.15) is 13.2 Å². The number of nitrogens with two attached hydrogens (primary N) is 1. The number of halogens is 3. The van der Waals surface area contributed by atoms with Crippen molar-refractivity contribution >= 4 is 21.7 Å². The maximum atomic E-state index is 12.8. The molecule has 156 valence electrons. The number of ether oxygens (including phenoxy) is 1. The molecule has 3 N–H and O–H groups in total. The van der Waals surface area contributed by atoms with E-state index in [9.17, 15) is 31.5 Å². The van der Waals surface area contributed by atoms with E-state index in [1.54, 1.807) is 4.90 Å². The standard InChI is InChI=1S/C18H17F3N2O5S/c19-18(20,21)12-3-5-13(6-4-12)28-16-14(23-7-1-2-8-23)9-11(17(24)25)10-15(16)29(22,26)27/h3-6,9-10H,1-2,7-8H2,(H,24,25)(H2,22,26,27). The molecule has 0 bridgehead atoms. The molecule has 11 heteroatoms. The lowest BCUT2D eigenvalue weighted by Gasteiger charge is -2.23. The summed E-state index contributed by atoms with van der Waals surface area (Å²) in [5.74, 6) is -1.62. The Hall–Kier alpha value is -2.79. The summed E-state index contributed by atoms with van der Waals surface area (Å²) in [6, 6.07) is 5.84. The van der Waals surface area contributed by atoms with Crippen LogP contribution in [0.1, 0.15) is 28.8 Å². The number of carbonyl (C=O) groups is 1. The summed E-state index contributed by atoms with van der Waals surface area (Å²) in [6.45, 7) is 1.08. The zero-order valence-electron chi connectivity index (χ0n) is 14.9. The van der Waals surface area contributed by atoms with Crippen molar-refractivity contribution in [1.29, 1.82) is 0 Å². The molecule has 0 atom stereocenters. The molecule has 0 amide bonds. The summed E-state index contributed by atoms with van der Waals surface area (Å²) in [6.07, 6.45) is -2.92. The number of benzene rings is 2. The van der Waals surface area contributed by atoms with Gasteiger partial charge in [0.25, 0.3) is 0 Å². The molecule has 1 aliphatic rings. The molecule has 0 spiro atoms. The number of sulfonamides is 1. The fraction of sp³-hybridized carbons (Fsp3) is 0.278. The Morgan fingerprint density at radius 1 is 1.10 bits per heavy atom. The van der Waals surface area contributed by atoms with Gasteiger partial charge >= 0.3 is 12.1 Å². The molecule has 7 nitrogen and oxygen atoms in total. The number of aromatic carboxylic acids is 1. The first-order valence-electron chi connectivity index (χ1n) is 8.51. The Morgan fingerprint density at radius 2 is 1.69 bits per heavy atom. The number of hydrogen-bond acceptors (Lipinski definition) is 5. The zero-order chi connectivity index (χ0) is 21.4. The number of primary sulfonamides is 1. The summed E-state index contributed by atoms with van der Waals surface area (Å²) in [4.78, 5) is 12.6. The van der Waals surface area contributed by atoms with Crippen LogP contribution in [-0.4, -0.2) is 32.6 Å². The molecule has 0 unspecified atom stereocenters. The van der Waals surface area contributed by atoms with E-state index in [0.717, 1.165) is 43.2 Å². The third kappa shape index (κ3) is 4.62. The molecule has 0 aliphatic carbocycles. The summed E-state index contributed by atoms with van der Waals surface area (Å²) in [5.41, 5.74) is -0.987. The summed E-state index contributed by atoms with van der Waals surface area (Å²) in [5, 5.41) is 14.6. The number of nitrogens with zero attached hydrogens (tertiary/aromatic N) is 1. The molecule has 2 aromatic carbocycles. The van der Waals surface area contributed by atoms with E-state index in [-0.39, 0.29) is 22.7 Å². The van der Waals surface area contributed by atoms with Crippen LogP contribution in [0.4, 0.5) is 18.9 Å². The number of carboxylic acids is 1. The highest BCUT2D eigenvalue weighted by molar-refractivity contribution is 7.89. The van der Waals surface area contributed by atoms with Crippen LogP contribution in [0.3, 0.4) is 0 Å². The van der Waals surface area contributed by atoms with Gasteiger partial charge in [0, 0.05) is 13.1 Å². The van der Waals surface area contributed by atoms with Gasteiger partial charge < -0.3 is 14.7 Å². The molecule has 29 heavy (non-hydrogen) atoms. The molecular formula is C18H17F3N2O5S. The number of alkyl halides is 3. The van der Waals surface area contributed by atoms with Crippen LogP contribution in [0.15, 0.2) is 41.3 Å². The topological polar surface area (TPSA) is 110 Å². The Morgan fingerprint density at radius 3 is 2.17 bits per heavy atom. The highest BCUT2D eigenvalue weighted by Gasteiger charge is 2.31. The van der Waals surface area contributed by atoms with Crippen molar-refractivity contribution in [2.24, 2.45) is 5.14 Å². The third-order valence-corrected chi connectivity index (χ3v) is 5.35. The Balaban J connectivity index is 2.13. The minimum Gasteiger partial charge on any atom is -0.478 e. The van der Waals surface area contributed by atoms with Gasteiger partial charge in [0.15, 0.2) is 5.75 Å². The molecule has 1 heterocycles. The predicted molar refractivity (Wildman–Crippen MR) is 97.7 cm³/mol. The van der Waals surface area contributed by atoms with Crippen molar-refractivity contribution in [1.82, 2.24) is 0 Å². The smallest absolute Gasteiger partial charge is 0.416 e. The van der Waals surface area contributed by atoms with Crippen LogP contribution in [-0.2, 0) is 16.2 Å². The zero-order valence-corrected chi connectivity index (χ0v) is 15.8. The molecule has 1 aliphatic heterocycles. The number of carboxylic acid groups (broad SMARTS) is 1. The minimum atomic E-state index is -4.53. The first-order valence-corrected chi connectivity index (χ1v) is 10.1. The lowest BCUT2D eigenvalue weighted by atomic mass is 10.1. The van der Waals surface area contributed by atoms with Crippen molar-refractivity contribution in [3.8, 4) is 11.5 Å². The number of rotatable bonds is 5. The molecule has 3 rings (SSSR count). The maximum Gasteiger partial charge on any atom is 0.416 e. The van der Waals surface area contributed by atoms with Crippen molar-refractivity contribution in [3.63, 3.8) is 0 Å². The van der Waals surface area contributed by atoms with Crippen molar-refractivity contribution < 1.29 is 36.2 Å². The average molecular weight is 430 g/mol. The minimum absolute atomic E-state index is 0.0496. The predicted octanol–water partition coefficient (Wildman–Crippen LogP) is 3.44. The maximum absolute atomic E-state index is 12.8. The van der Waals surface area contributed by atoms with E-state index in [2.05, 4.69) is 0 Å². The van der Waals surface area contributed by atoms with Gasteiger partial charge in [-0.15, -0.1) is 0 Å². The highest BCUT2D eigenvalue weighted by Crippen LogP contribution is 2.41. The van der Waals surface area contributed by atoms with Gasteiger partial charge in [-0.25, -0.2) is 18.4 Å². The van der Waals surface area contributed by atoms with E-state index < -0.39 is 32.6 Å². The lowest BCUT2D eigenvalue weighted by molar-refractivity contribution is -0.137. The van der Waals surface area contributed by atoms with Crippen LogP contribution in [0.2, 0.25) is 0 Å². The van der Waals surface area contributed by atoms with E-state index in [4.69, 9.17) is 9.88 Å². The summed E-state index contributed by atoms with van der Waals surface area (Å²) >= 11 is 0. The summed E-state index contributed by atoms with van der Waals surface area (Å²) < 4.78 is 68.1.